The van der Waals surface area contributed by atoms with Crippen molar-refractivity contribution in [2.24, 2.45) is 14.1 Å². The van der Waals surface area contributed by atoms with E-state index in [1.54, 1.807) is 25.0 Å². The number of aryl methyl sites for hydroxylation is 2. The summed E-state index contributed by atoms with van der Waals surface area (Å²) in [5, 5.41) is 0. The molecule has 0 bridgehead atoms. The summed E-state index contributed by atoms with van der Waals surface area (Å²) < 4.78 is 10.2. The van der Waals surface area contributed by atoms with Crippen LogP contribution in [-0.4, -0.2) is 56.4 Å². The van der Waals surface area contributed by atoms with Gasteiger partial charge in [0.25, 0.3) is 5.56 Å². The molecule has 1 atom stereocenters. The van der Waals surface area contributed by atoms with Gasteiger partial charge >= 0.3 is 5.69 Å². The zero-order valence-corrected chi connectivity index (χ0v) is 15.3. The zero-order chi connectivity index (χ0) is 18.0. The predicted octanol–water partition coefficient (Wildman–Crippen LogP) is 0.325. The zero-order valence-electron chi connectivity index (χ0n) is 15.3. The van der Waals surface area contributed by atoms with Crippen molar-refractivity contribution >= 4 is 11.2 Å². The molecule has 0 aromatic carbocycles. The maximum absolute atomic E-state index is 12.6. The van der Waals surface area contributed by atoms with Gasteiger partial charge in [-0.05, 0) is 39.3 Å². The van der Waals surface area contributed by atoms with Gasteiger partial charge in [-0.2, -0.15) is 0 Å². The van der Waals surface area contributed by atoms with E-state index >= 15 is 0 Å². The molecule has 2 aromatic rings. The second-order valence-corrected chi connectivity index (χ2v) is 6.93. The van der Waals surface area contributed by atoms with Crippen LogP contribution in [0.4, 0.5) is 0 Å². The summed E-state index contributed by atoms with van der Waals surface area (Å²) in [5.41, 5.74) is 0.317. The van der Waals surface area contributed by atoms with Gasteiger partial charge in [-0.25, -0.2) is 9.78 Å². The summed E-state index contributed by atoms with van der Waals surface area (Å²) >= 11 is 0. The molecule has 3 heterocycles. The van der Waals surface area contributed by atoms with Gasteiger partial charge in [-0.1, -0.05) is 0 Å². The highest BCUT2D eigenvalue weighted by molar-refractivity contribution is 5.69. The topological polar surface area (TPSA) is 74.3 Å². The second kappa shape index (κ2) is 7.53. The molecular weight excluding hydrogens is 322 g/mol. The van der Waals surface area contributed by atoms with Crippen LogP contribution in [0.3, 0.4) is 0 Å². The molecule has 3 rings (SSSR count). The molecule has 0 saturated carbocycles. The Labute approximate surface area is 146 Å². The van der Waals surface area contributed by atoms with Crippen molar-refractivity contribution in [3.63, 3.8) is 0 Å². The van der Waals surface area contributed by atoms with E-state index in [1.807, 2.05) is 0 Å². The van der Waals surface area contributed by atoms with Gasteiger partial charge in [-0.15, -0.1) is 0 Å². The highest BCUT2D eigenvalue weighted by Gasteiger charge is 2.17. The fourth-order valence-electron chi connectivity index (χ4n) is 3.48. The van der Waals surface area contributed by atoms with Crippen LogP contribution in [0.25, 0.3) is 11.2 Å². The molecule has 1 aliphatic rings. The molecule has 138 valence electrons. The van der Waals surface area contributed by atoms with Crippen molar-refractivity contribution in [2.75, 3.05) is 26.7 Å². The van der Waals surface area contributed by atoms with Crippen molar-refractivity contribution < 1.29 is 4.74 Å². The summed E-state index contributed by atoms with van der Waals surface area (Å²) in [7, 11) is 5.48. The average Bonchev–Trinajstić information content (AvgIpc) is 2.99. The third-order valence-electron chi connectivity index (χ3n) is 4.91. The van der Waals surface area contributed by atoms with Gasteiger partial charge in [0.1, 0.15) is 0 Å². The van der Waals surface area contributed by atoms with E-state index in [4.69, 9.17) is 4.74 Å². The highest BCUT2D eigenvalue weighted by Crippen LogP contribution is 2.13. The van der Waals surface area contributed by atoms with Crippen LogP contribution in [0.15, 0.2) is 15.9 Å². The van der Waals surface area contributed by atoms with E-state index in [0.717, 1.165) is 39.0 Å². The summed E-state index contributed by atoms with van der Waals surface area (Å²) in [4.78, 5) is 31.4. The Morgan fingerprint density at radius 1 is 1.32 bits per heavy atom. The first kappa shape index (κ1) is 17.9. The Hall–Kier alpha value is -1.93. The van der Waals surface area contributed by atoms with E-state index < -0.39 is 0 Å². The summed E-state index contributed by atoms with van der Waals surface area (Å²) in [5.74, 6) is 0. The highest BCUT2D eigenvalue weighted by atomic mass is 16.5. The molecule has 8 heteroatoms. The molecule has 1 fully saturated rings. The van der Waals surface area contributed by atoms with Gasteiger partial charge in [0.05, 0.1) is 12.4 Å². The lowest BCUT2D eigenvalue weighted by Gasteiger charge is -2.27. The number of ether oxygens (including phenoxy) is 1. The van der Waals surface area contributed by atoms with Gasteiger partial charge in [-0.3, -0.25) is 13.9 Å². The van der Waals surface area contributed by atoms with Gasteiger partial charge in [0.15, 0.2) is 11.2 Å². The third kappa shape index (κ3) is 3.69. The summed E-state index contributed by atoms with van der Waals surface area (Å²) in [6.45, 7) is 2.98. The van der Waals surface area contributed by atoms with Crippen LogP contribution in [-0.2, 0) is 25.4 Å². The Morgan fingerprint density at radius 3 is 2.84 bits per heavy atom. The average molecular weight is 349 g/mol. The number of hydrogen-bond acceptors (Lipinski definition) is 5. The van der Waals surface area contributed by atoms with Crippen LogP contribution in [0.2, 0.25) is 0 Å². The van der Waals surface area contributed by atoms with Crippen LogP contribution < -0.4 is 11.2 Å². The molecular formula is C17H27N5O3. The third-order valence-corrected chi connectivity index (χ3v) is 4.91. The van der Waals surface area contributed by atoms with Crippen molar-refractivity contribution in [3.8, 4) is 0 Å². The Bertz CT molecular complexity index is 844. The molecule has 0 unspecified atom stereocenters. The molecule has 0 spiro atoms. The molecule has 0 aliphatic carbocycles. The predicted molar refractivity (Wildman–Crippen MR) is 95.9 cm³/mol. The van der Waals surface area contributed by atoms with Crippen molar-refractivity contribution in [2.45, 2.75) is 38.3 Å². The van der Waals surface area contributed by atoms with Crippen molar-refractivity contribution in [1.82, 2.24) is 23.6 Å². The van der Waals surface area contributed by atoms with Crippen LogP contribution in [0.1, 0.15) is 25.7 Å². The lowest BCUT2D eigenvalue weighted by Crippen LogP contribution is -2.40. The van der Waals surface area contributed by atoms with Crippen LogP contribution in [0.5, 0.6) is 0 Å². The molecule has 25 heavy (non-hydrogen) atoms. The first-order valence-corrected chi connectivity index (χ1v) is 8.90. The number of nitrogens with zero attached hydrogens (tertiary/aromatic N) is 5. The normalized spacial score (nSPS) is 18.3. The molecule has 8 nitrogen and oxygen atoms in total. The number of rotatable bonds is 6. The number of aromatic nitrogens is 4. The van der Waals surface area contributed by atoms with E-state index in [9.17, 15) is 9.59 Å². The van der Waals surface area contributed by atoms with Crippen LogP contribution >= 0.6 is 0 Å². The van der Waals surface area contributed by atoms with E-state index in [1.165, 1.54) is 15.6 Å². The number of hydrogen-bond donors (Lipinski definition) is 0. The molecule has 1 aliphatic heterocycles. The number of fused-ring (bicyclic) bond motifs is 1. The molecule has 1 saturated heterocycles. The smallest absolute Gasteiger partial charge is 0.332 e. The monoisotopic (exact) mass is 349 g/mol. The quantitative estimate of drug-likeness (QED) is 0.751. The van der Waals surface area contributed by atoms with Crippen LogP contribution in [0, 0.1) is 0 Å². The maximum atomic E-state index is 12.6. The first-order chi connectivity index (χ1) is 12.0. The lowest BCUT2D eigenvalue weighted by molar-refractivity contribution is -0.00168. The number of imidazole rings is 1. The minimum Gasteiger partial charge on any atom is -0.377 e. The fraction of sp³-hybridized carbons (Fsp3) is 0.706. The van der Waals surface area contributed by atoms with E-state index in [2.05, 4.69) is 16.9 Å². The number of likely N-dealkylation sites (N-methyl/N-ethyl adjacent to an activating group) is 1. The summed E-state index contributed by atoms with van der Waals surface area (Å²) in [6.07, 6.45) is 6.11. The minimum atomic E-state index is -0.311. The largest absolute Gasteiger partial charge is 0.377 e. The second-order valence-electron chi connectivity index (χ2n) is 6.93. The van der Waals surface area contributed by atoms with Gasteiger partial charge in [0, 0.05) is 33.8 Å². The Morgan fingerprint density at radius 2 is 2.12 bits per heavy atom. The fourth-order valence-corrected chi connectivity index (χ4v) is 3.48. The molecule has 2 aromatic heterocycles. The Kier molecular flexibility index (Phi) is 5.39. The SMILES string of the molecule is CN(CCCn1c(=O)c2c(ncn2C)n(C)c1=O)C[C@H]1CCCCO1. The van der Waals surface area contributed by atoms with Crippen molar-refractivity contribution in [3.05, 3.63) is 27.2 Å². The first-order valence-electron chi connectivity index (χ1n) is 8.90. The van der Waals surface area contributed by atoms with E-state index in [0.29, 0.717) is 23.8 Å². The maximum Gasteiger partial charge on any atom is 0.332 e. The molecule has 0 N–H and O–H groups in total. The molecule has 0 radical (unpaired) electrons. The van der Waals surface area contributed by atoms with Gasteiger partial charge in [0.2, 0.25) is 0 Å². The lowest BCUT2D eigenvalue weighted by atomic mass is 10.1. The Balaban J connectivity index is 1.66. The van der Waals surface area contributed by atoms with Gasteiger partial charge < -0.3 is 14.2 Å². The standard InChI is InChI=1S/C17H27N5O3/c1-19(11-13-7-4-5-10-25-13)8-6-9-22-16(23)14-15(18-12-20(14)2)21(3)17(22)24/h12-13H,4-11H2,1-3H3/t13-/m1/s1. The summed E-state index contributed by atoms with van der Waals surface area (Å²) in [6, 6.07) is 0. The van der Waals surface area contributed by atoms with E-state index in [-0.39, 0.29) is 11.2 Å². The molecule has 0 amide bonds. The van der Waals surface area contributed by atoms with Crippen molar-refractivity contribution in [1.29, 1.82) is 0 Å². The minimum absolute atomic E-state index is 0.267.